The molecule has 0 saturated carbocycles. The molecule has 18 heavy (non-hydrogen) atoms. The minimum absolute atomic E-state index is 0.265. The van der Waals surface area contributed by atoms with E-state index in [2.05, 4.69) is 15.4 Å². The van der Waals surface area contributed by atoms with E-state index >= 15 is 0 Å². The van der Waals surface area contributed by atoms with Crippen molar-refractivity contribution in [3.63, 3.8) is 0 Å². The molecule has 0 atom stereocenters. The molecule has 0 aliphatic rings. The summed E-state index contributed by atoms with van der Waals surface area (Å²) in [6.45, 7) is 0.671. The number of pyridine rings is 1. The van der Waals surface area contributed by atoms with E-state index in [1.807, 2.05) is 19.3 Å². The van der Waals surface area contributed by atoms with Gasteiger partial charge in [-0.1, -0.05) is 23.2 Å². The summed E-state index contributed by atoms with van der Waals surface area (Å²) in [5.74, 6) is 0.802. The van der Waals surface area contributed by atoms with Crippen LogP contribution in [0.1, 0.15) is 5.69 Å². The van der Waals surface area contributed by atoms with Crippen LogP contribution in [-0.2, 0) is 13.5 Å². The number of nitrogens with zero attached hydrogens (tertiary/aromatic N) is 3. The van der Waals surface area contributed by atoms with Crippen LogP contribution >= 0.6 is 23.2 Å². The third-order valence-corrected chi connectivity index (χ3v) is 2.99. The van der Waals surface area contributed by atoms with E-state index in [9.17, 15) is 0 Å². The smallest absolute Gasteiger partial charge is 0.147 e. The molecule has 2 heterocycles. The van der Waals surface area contributed by atoms with Gasteiger partial charge in [-0.15, -0.1) is 0 Å². The lowest BCUT2D eigenvalue weighted by Gasteiger charge is -2.08. The Kier molecular flexibility index (Phi) is 3.93. The summed E-state index contributed by atoms with van der Waals surface area (Å²) in [5.41, 5.74) is 6.62. The van der Waals surface area contributed by atoms with E-state index in [4.69, 9.17) is 28.9 Å². The normalized spacial score (nSPS) is 10.6. The monoisotopic (exact) mass is 285 g/mol. The summed E-state index contributed by atoms with van der Waals surface area (Å²) < 4.78 is 1.76. The van der Waals surface area contributed by atoms with Crippen LogP contribution in [0.15, 0.2) is 18.3 Å². The van der Waals surface area contributed by atoms with Gasteiger partial charge in [-0.3, -0.25) is 4.68 Å². The van der Waals surface area contributed by atoms with Gasteiger partial charge in [0, 0.05) is 26.2 Å². The average Bonchev–Trinajstić information content (AvgIpc) is 2.71. The standard InChI is InChI=1S/C11H13Cl2N5/c1-18-5-3-7(17-18)2-4-15-11-9(13)6-8(12)10(14)16-11/h3,5-6H,2,4H2,1H3,(H3,14,15,16). The van der Waals surface area contributed by atoms with Gasteiger partial charge in [0.1, 0.15) is 11.6 Å². The van der Waals surface area contributed by atoms with Gasteiger partial charge in [0.05, 0.1) is 15.7 Å². The van der Waals surface area contributed by atoms with Crippen molar-refractivity contribution in [1.82, 2.24) is 14.8 Å². The van der Waals surface area contributed by atoms with Crippen molar-refractivity contribution in [3.8, 4) is 0 Å². The maximum atomic E-state index is 6.00. The number of nitrogen functional groups attached to an aromatic ring is 1. The third kappa shape index (κ3) is 3.05. The molecule has 0 radical (unpaired) electrons. The summed E-state index contributed by atoms with van der Waals surface area (Å²) in [5, 5.41) is 8.19. The molecule has 3 N–H and O–H groups in total. The molecule has 0 saturated heterocycles. The maximum Gasteiger partial charge on any atom is 0.147 e. The highest BCUT2D eigenvalue weighted by atomic mass is 35.5. The van der Waals surface area contributed by atoms with E-state index < -0.39 is 0 Å². The van der Waals surface area contributed by atoms with E-state index in [1.54, 1.807) is 10.7 Å². The number of nitrogens with one attached hydrogen (secondary N) is 1. The highest BCUT2D eigenvalue weighted by Gasteiger charge is 2.06. The highest BCUT2D eigenvalue weighted by molar-refractivity contribution is 6.37. The molecule has 0 amide bonds. The molecule has 0 aliphatic heterocycles. The van der Waals surface area contributed by atoms with Gasteiger partial charge >= 0.3 is 0 Å². The van der Waals surface area contributed by atoms with Crippen molar-refractivity contribution in [2.75, 3.05) is 17.6 Å². The molecule has 0 bridgehead atoms. The lowest BCUT2D eigenvalue weighted by molar-refractivity contribution is 0.742. The SMILES string of the molecule is Cn1ccc(CCNc2nc(N)c(Cl)cc2Cl)n1. The molecule has 5 nitrogen and oxygen atoms in total. The first-order valence-electron chi connectivity index (χ1n) is 5.40. The molecule has 96 valence electrons. The van der Waals surface area contributed by atoms with Gasteiger partial charge in [0.2, 0.25) is 0 Å². The number of aromatic nitrogens is 3. The number of hydrogen-bond acceptors (Lipinski definition) is 4. The molecule has 0 aromatic carbocycles. The quantitative estimate of drug-likeness (QED) is 0.905. The Morgan fingerprint density at radius 1 is 1.39 bits per heavy atom. The van der Waals surface area contributed by atoms with Crippen LogP contribution < -0.4 is 11.1 Å². The number of rotatable bonds is 4. The maximum absolute atomic E-state index is 6.00. The zero-order valence-corrected chi connectivity index (χ0v) is 11.3. The molecule has 0 fully saturated rings. The van der Waals surface area contributed by atoms with Gasteiger partial charge in [-0.25, -0.2) is 4.98 Å². The Hall–Kier alpha value is -1.46. The number of anilines is 2. The molecule has 0 aliphatic carbocycles. The van der Waals surface area contributed by atoms with Crippen molar-refractivity contribution < 1.29 is 0 Å². The largest absolute Gasteiger partial charge is 0.382 e. The number of aryl methyl sites for hydroxylation is 1. The Morgan fingerprint density at radius 2 is 2.17 bits per heavy atom. The predicted octanol–water partition coefficient (Wildman–Crippen LogP) is 2.36. The second-order valence-electron chi connectivity index (χ2n) is 3.84. The Bertz CT molecular complexity index is 552. The zero-order chi connectivity index (χ0) is 13.1. The summed E-state index contributed by atoms with van der Waals surface area (Å²) in [4.78, 5) is 4.09. The minimum Gasteiger partial charge on any atom is -0.382 e. The molecular weight excluding hydrogens is 273 g/mol. The first kappa shape index (κ1) is 13.0. The molecule has 2 aromatic rings. The fourth-order valence-electron chi connectivity index (χ4n) is 1.51. The van der Waals surface area contributed by atoms with Crippen LogP contribution in [0.4, 0.5) is 11.6 Å². The van der Waals surface area contributed by atoms with Gasteiger partial charge in [0.25, 0.3) is 0 Å². The van der Waals surface area contributed by atoms with Crippen LogP contribution in [0.3, 0.4) is 0 Å². The number of nitrogens with two attached hydrogens (primary N) is 1. The van der Waals surface area contributed by atoms with Crippen molar-refractivity contribution >= 4 is 34.8 Å². The summed E-state index contributed by atoms with van der Waals surface area (Å²) in [7, 11) is 1.88. The van der Waals surface area contributed by atoms with Crippen molar-refractivity contribution in [1.29, 1.82) is 0 Å². The lowest BCUT2D eigenvalue weighted by Crippen LogP contribution is -2.08. The second kappa shape index (κ2) is 5.46. The molecule has 0 spiro atoms. The lowest BCUT2D eigenvalue weighted by atomic mass is 10.3. The van der Waals surface area contributed by atoms with Crippen molar-refractivity contribution in [3.05, 3.63) is 34.1 Å². The van der Waals surface area contributed by atoms with Gasteiger partial charge in [0.15, 0.2) is 0 Å². The van der Waals surface area contributed by atoms with Crippen LogP contribution in [0, 0.1) is 0 Å². The summed E-state index contributed by atoms with van der Waals surface area (Å²) in [6.07, 6.45) is 2.68. The van der Waals surface area contributed by atoms with E-state index in [1.165, 1.54) is 0 Å². The van der Waals surface area contributed by atoms with Crippen molar-refractivity contribution in [2.45, 2.75) is 6.42 Å². The molecule has 2 rings (SSSR count). The van der Waals surface area contributed by atoms with Crippen LogP contribution in [-0.4, -0.2) is 21.3 Å². The predicted molar refractivity (Wildman–Crippen MR) is 74.1 cm³/mol. The van der Waals surface area contributed by atoms with Crippen LogP contribution in [0.25, 0.3) is 0 Å². The Balaban J connectivity index is 1.96. The number of hydrogen-bond donors (Lipinski definition) is 2. The first-order valence-corrected chi connectivity index (χ1v) is 6.16. The fourth-order valence-corrected chi connectivity index (χ4v) is 1.94. The average molecular weight is 286 g/mol. The fraction of sp³-hybridized carbons (Fsp3) is 0.273. The van der Waals surface area contributed by atoms with E-state index in [0.29, 0.717) is 22.4 Å². The molecule has 2 aromatic heterocycles. The molecular formula is C11H13Cl2N5. The first-order chi connectivity index (χ1) is 8.56. The number of halogens is 2. The summed E-state index contributed by atoms with van der Waals surface area (Å²) in [6, 6.07) is 3.54. The molecule has 7 heteroatoms. The van der Waals surface area contributed by atoms with Crippen LogP contribution in [0.2, 0.25) is 10.0 Å². The van der Waals surface area contributed by atoms with E-state index in [-0.39, 0.29) is 5.82 Å². The topological polar surface area (TPSA) is 68.8 Å². The van der Waals surface area contributed by atoms with Gasteiger partial charge in [-0.05, 0) is 12.1 Å². The van der Waals surface area contributed by atoms with Gasteiger partial charge < -0.3 is 11.1 Å². The third-order valence-electron chi connectivity index (χ3n) is 2.40. The molecule has 0 unspecified atom stereocenters. The zero-order valence-electron chi connectivity index (χ0n) is 9.82. The van der Waals surface area contributed by atoms with Gasteiger partial charge in [-0.2, -0.15) is 5.10 Å². The van der Waals surface area contributed by atoms with Crippen LogP contribution in [0.5, 0.6) is 0 Å². The van der Waals surface area contributed by atoms with Crippen molar-refractivity contribution in [2.24, 2.45) is 7.05 Å². The highest BCUT2D eigenvalue weighted by Crippen LogP contribution is 2.27. The Labute approximate surface area is 115 Å². The van der Waals surface area contributed by atoms with E-state index in [0.717, 1.165) is 12.1 Å². The Morgan fingerprint density at radius 3 is 2.83 bits per heavy atom. The minimum atomic E-state index is 0.265. The summed E-state index contributed by atoms with van der Waals surface area (Å²) >= 11 is 11.8. The second-order valence-corrected chi connectivity index (χ2v) is 4.66.